The summed E-state index contributed by atoms with van der Waals surface area (Å²) in [5.41, 5.74) is 1.50. The number of aliphatic hydroxyl groups excluding tert-OH is 1. The summed E-state index contributed by atoms with van der Waals surface area (Å²) >= 11 is 0. The number of aryl methyl sites for hydroxylation is 2. The maximum absolute atomic E-state index is 14.1. The summed E-state index contributed by atoms with van der Waals surface area (Å²) in [6.07, 6.45) is 2.67. The van der Waals surface area contributed by atoms with E-state index >= 15 is 0 Å². The van der Waals surface area contributed by atoms with Crippen LogP contribution in [0, 0.1) is 19.8 Å². The van der Waals surface area contributed by atoms with Gasteiger partial charge in [0.15, 0.2) is 5.76 Å². The number of likely N-dealkylation sites (N-methyl/N-ethyl adjacent to an activating group) is 1. The molecule has 4 atom stereocenters. The SMILES string of the molecule is Cc1noc(C)c1NC(=O)N(C)C[C@@H]1OCCCC[C@H](C)Oc2ccc(NS(C)(=O)=O)cc2C(=O)N([C@H](C)CO)C[C@@H]1C. The first-order valence-electron chi connectivity index (χ1n) is 14.5. The topological polar surface area (TPSA) is 164 Å². The predicted molar refractivity (Wildman–Crippen MR) is 163 cm³/mol. The Balaban J connectivity index is 1.92. The molecule has 13 nitrogen and oxygen atoms in total. The number of nitrogens with zero attached hydrogens (tertiary/aromatic N) is 3. The molecule has 2 aromatic rings. The molecule has 3 rings (SSSR count). The molecule has 0 radical (unpaired) electrons. The molecule has 2 heterocycles. The Kier molecular flexibility index (Phi) is 11.8. The van der Waals surface area contributed by atoms with Crippen LogP contribution in [-0.4, -0.2) is 98.3 Å². The van der Waals surface area contributed by atoms with Gasteiger partial charge >= 0.3 is 6.03 Å². The van der Waals surface area contributed by atoms with Gasteiger partial charge in [-0.1, -0.05) is 12.1 Å². The lowest BCUT2D eigenvalue weighted by Gasteiger charge is -2.35. The van der Waals surface area contributed by atoms with Crippen LogP contribution in [0.4, 0.5) is 16.2 Å². The number of rotatable bonds is 7. The molecule has 14 heteroatoms. The van der Waals surface area contributed by atoms with Crippen molar-refractivity contribution >= 4 is 33.3 Å². The zero-order chi connectivity index (χ0) is 31.9. The second-order valence-electron chi connectivity index (χ2n) is 11.4. The van der Waals surface area contributed by atoms with Crippen molar-refractivity contribution in [1.82, 2.24) is 15.0 Å². The number of benzene rings is 1. The monoisotopic (exact) mass is 623 g/mol. The number of ether oxygens (including phenoxy) is 2. The highest BCUT2D eigenvalue weighted by Gasteiger charge is 2.31. The minimum atomic E-state index is -3.59. The summed E-state index contributed by atoms with van der Waals surface area (Å²) in [5.74, 6) is 0.159. The summed E-state index contributed by atoms with van der Waals surface area (Å²) in [5, 5.41) is 16.8. The van der Waals surface area contributed by atoms with Gasteiger partial charge in [0.2, 0.25) is 10.0 Å². The summed E-state index contributed by atoms with van der Waals surface area (Å²) in [7, 11) is -1.92. The van der Waals surface area contributed by atoms with Gasteiger partial charge < -0.3 is 34.2 Å². The van der Waals surface area contributed by atoms with Crippen molar-refractivity contribution < 1.29 is 37.1 Å². The highest BCUT2D eigenvalue weighted by Crippen LogP contribution is 2.29. The van der Waals surface area contributed by atoms with Crippen LogP contribution in [0.3, 0.4) is 0 Å². The standard InChI is InChI=1S/C29H45N5O8S/c1-18-15-34(19(2)17-35)28(36)24-14-23(32-43(7,38)39)11-12-25(24)41-20(3)10-8-9-13-40-26(18)16-33(6)29(37)30-27-21(4)31-42-22(27)5/h11-12,14,18-20,26,32,35H,8-10,13,15-17H2,1-7H3,(H,30,37)/t18-,19+,20-,26-/m0/s1. The molecule has 0 unspecified atom stereocenters. The Morgan fingerprint density at radius 2 is 1.98 bits per heavy atom. The summed E-state index contributed by atoms with van der Waals surface area (Å²) < 4.78 is 43.9. The van der Waals surface area contributed by atoms with Crippen molar-refractivity contribution in [3.8, 4) is 5.75 Å². The molecule has 3 amide bonds. The average Bonchev–Trinajstić information content (AvgIpc) is 3.25. The quantitative estimate of drug-likeness (QED) is 0.418. The molecule has 0 fully saturated rings. The minimum absolute atomic E-state index is 0.179. The van der Waals surface area contributed by atoms with Crippen LogP contribution in [0.1, 0.15) is 61.8 Å². The Morgan fingerprint density at radius 3 is 2.60 bits per heavy atom. The molecule has 0 bridgehead atoms. The summed E-state index contributed by atoms with van der Waals surface area (Å²) in [4.78, 5) is 30.2. The smallest absolute Gasteiger partial charge is 0.321 e. The fourth-order valence-electron chi connectivity index (χ4n) is 4.88. The minimum Gasteiger partial charge on any atom is -0.490 e. The molecule has 1 aromatic heterocycles. The van der Waals surface area contributed by atoms with Gasteiger partial charge in [-0.15, -0.1) is 0 Å². The molecule has 3 N–H and O–H groups in total. The Morgan fingerprint density at radius 1 is 1.26 bits per heavy atom. The van der Waals surface area contributed by atoms with Crippen LogP contribution in [0.2, 0.25) is 0 Å². The number of aromatic nitrogens is 1. The van der Waals surface area contributed by atoms with Crippen molar-refractivity contribution in [2.75, 3.05) is 49.6 Å². The Hall–Kier alpha value is -3.36. The third-order valence-electron chi connectivity index (χ3n) is 7.42. The number of amides is 3. The van der Waals surface area contributed by atoms with E-state index in [0.29, 0.717) is 35.9 Å². The third-order valence-corrected chi connectivity index (χ3v) is 8.03. The number of carbonyl (C=O) groups excluding carboxylic acids is 2. The molecule has 1 aromatic carbocycles. The maximum Gasteiger partial charge on any atom is 0.321 e. The Labute approximate surface area is 253 Å². The van der Waals surface area contributed by atoms with Crippen LogP contribution >= 0.6 is 0 Å². The second kappa shape index (κ2) is 14.9. The molecular weight excluding hydrogens is 578 g/mol. The number of hydrogen-bond acceptors (Lipinski definition) is 9. The lowest BCUT2D eigenvalue weighted by molar-refractivity contribution is -0.0115. The number of fused-ring (bicyclic) bond motifs is 1. The number of sulfonamides is 1. The molecule has 240 valence electrons. The first-order chi connectivity index (χ1) is 20.2. The first kappa shape index (κ1) is 34.1. The normalized spacial score (nSPS) is 21.3. The lowest BCUT2D eigenvalue weighted by atomic mass is 10.0. The van der Waals surface area contributed by atoms with Crippen LogP contribution in [0.5, 0.6) is 5.75 Å². The van der Waals surface area contributed by atoms with E-state index in [0.717, 1.165) is 19.1 Å². The molecular formula is C29H45N5O8S. The van der Waals surface area contributed by atoms with Gasteiger partial charge in [-0.25, -0.2) is 13.2 Å². The molecule has 0 saturated heterocycles. The number of nitrogens with one attached hydrogen (secondary N) is 2. The zero-order valence-corrected chi connectivity index (χ0v) is 26.9. The van der Waals surface area contributed by atoms with E-state index in [9.17, 15) is 23.1 Å². The fourth-order valence-corrected chi connectivity index (χ4v) is 5.43. The van der Waals surface area contributed by atoms with Crippen molar-refractivity contribution in [2.24, 2.45) is 5.92 Å². The number of anilines is 2. The zero-order valence-electron chi connectivity index (χ0n) is 26.0. The number of aliphatic hydroxyl groups is 1. The van der Waals surface area contributed by atoms with Gasteiger partial charge in [0.05, 0.1) is 36.7 Å². The fraction of sp³-hybridized carbons (Fsp3) is 0.621. The summed E-state index contributed by atoms with van der Waals surface area (Å²) in [6.45, 7) is 9.64. The van der Waals surface area contributed by atoms with E-state index in [1.807, 2.05) is 13.8 Å². The van der Waals surface area contributed by atoms with E-state index < -0.39 is 28.1 Å². The number of hydrogen-bond donors (Lipinski definition) is 3. The van der Waals surface area contributed by atoms with Gasteiger partial charge in [0, 0.05) is 38.3 Å². The first-order valence-corrected chi connectivity index (χ1v) is 16.4. The van der Waals surface area contributed by atoms with E-state index in [1.54, 1.807) is 40.0 Å². The van der Waals surface area contributed by atoms with Crippen molar-refractivity contribution in [1.29, 1.82) is 0 Å². The van der Waals surface area contributed by atoms with Crippen molar-refractivity contribution in [2.45, 2.75) is 72.1 Å². The highest BCUT2D eigenvalue weighted by molar-refractivity contribution is 7.92. The molecule has 0 aliphatic carbocycles. The van der Waals surface area contributed by atoms with Gasteiger partial charge in [-0.3, -0.25) is 9.52 Å². The van der Waals surface area contributed by atoms with Crippen LogP contribution in [0.15, 0.2) is 22.7 Å². The average molecular weight is 624 g/mol. The Bertz CT molecular complexity index is 1350. The highest BCUT2D eigenvalue weighted by atomic mass is 32.2. The third kappa shape index (κ3) is 9.57. The van der Waals surface area contributed by atoms with Crippen LogP contribution in [-0.2, 0) is 14.8 Å². The molecule has 0 saturated carbocycles. The van der Waals surface area contributed by atoms with Crippen molar-refractivity contribution in [3.63, 3.8) is 0 Å². The largest absolute Gasteiger partial charge is 0.490 e. The molecule has 0 spiro atoms. The van der Waals surface area contributed by atoms with E-state index in [1.165, 1.54) is 15.9 Å². The van der Waals surface area contributed by atoms with Crippen molar-refractivity contribution in [3.05, 3.63) is 35.2 Å². The summed E-state index contributed by atoms with van der Waals surface area (Å²) in [6, 6.07) is 3.68. The van der Waals surface area contributed by atoms with Crippen LogP contribution < -0.4 is 14.8 Å². The lowest BCUT2D eigenvalue weighted by Crippen LogP contribution is -2.48. The number of carbonyl (C=O) groups is 2. The van der Waals surface area contributed by atoms with E-state index in [4.69, 9.17) is 14.0 Å². The van der Waals surface area contributed by atoms with E-state index in [-0.39, 0.29) is 49.0 Å². The van der Waals surface area contributed by atoms with Gasteiger partial charge in [-0.05, 0) is 65.2 Å². The van der Waals surface area contributed by atoms with Gasteiger partial charge in [-0.2, -0.15) is 0 Å². The molecule has 1 aliphatic rings. The maximum atomic E-state index is 14.1. The van der Waals surface area contributed by atoms with Crippen LogP contribution in [0.25, 0.3) is 0 Å². The predicted octanol–water partition coefficient (Wildman–Crippen LogP) is 3.62. The molecule has 43 heavy (non-hydrogen) atoms. The van der Waals surface area contributed by atoms with Gasteiger partial charge in [0.25, 0.3) is 5.91 Å². The second-order valence-corrected chi connectivity index (χ2v) is 13.1. The molecule has 1 aliphatic heterocycles. The number of urea groups is 1. The van der Waals surface area contributed by atoms with Gasteiger partial charge in [0.1, 0.15) is 17.1 Å². The van der Waals surface area contributed by atoms with E-state index in [2.05, 4.69) is 15.2 Å².